The summed E-state index contributed by atoms with van der Waals surface area (Å²) >= 11 is 0. The number of aryl methyl sites for hydroxylation is 1. The molecule has 5 nitrogen and oxygen atoms in total. The molecule has 0 saturated carbocycles. The van der Waals surface area contributed by atoms with E-state index in [2.05, 4.69) is 21.9 Å². The molecular weight excluding hydrogens is 202 g/mol. The highest BCUT2D eigenvalue weighted by molar-refractivity contribution is 5.77. The predicted molar refractivity (Wildman–Crippen MR) is 63.4 cm³/mol. The van der Waals surface area contributed by atoms with E-state index in [1.54, 1.807) is 0 Å². The molecule has 0 aliphatic rings. The van der Waals surface area contributed by atoms with E-state index < -0.39 is 0 Å². The second-order valence-electron chi connectivity index (χ2n) is 3.60. The third-order valence-corrected chi connectivity index (χ3v) is 2.50. The summed E-state index contributed by atoms with van der Waals surface area (Å²) in [5, 5.41) is 3.63. The molecule has 0 fully saturated rings. The summed E-state index contributed by atoms with van der Waals surface area (Å²) in [7, 11) is 0. The van der Waals surface area contributed by atoms with Crippen molar-refractivity contribution in [1.29, 1.82) is 0 Å². The number of rotatable bonds is 4. The van der Waals surface area contributed by atoms with Crippen LogP contribution in [0.15, 0.2) is 29.4 Å². The summed E-state index contributed by atoms with van der Waals surface area (Å²) < 4.78 is 1.97. The summed E-state index contributed by atoms with van der Waals surface area (Å²) in [6.07, 6.45) is 2.15. The molecule has 1 heterocycles. The molecule has 0 atom stereocenters. The average molecular weight is 215 g/mol. The van der Waals surface area contributed by atoms with E-state index in [-0.39, 0.29) is 0 Å². The standard InChI is InChI=1S/C11H13N5/c1-2-3-8-16-10-7-5-4-6-9(10)13-11(16)14-15-12/h4-7H,2-3,8H2,1H3. The molecule has 1 aromatic heterocycles. The molecular formula is C11H13N5. The average Bonchev–Trinajstić information content (AvgIpc) is 2.65. The Balaban J connectivity index is 2.54. The molecule has 0 amide bonds. The summed E-state index contributed by atoms with van der Waals surface area (Å²) in [5.74, 6) is 0.456. The minimum absolute atomic E-state index is 0.456. The third kappa shape index (κ3) is 1.85. The SMILES string of the molecule is CCCCn1c(N=[N+]=[N-])nc2ccccc21. The zero-order valence-corrected chi connectivity index (χ0v) is 9.17. The number of unbranched alkanes of at least 4 members (excludes halogenated alkanes) is 1. The zero-order chi connectivity index (χ0) is 11.4. The van der Waals surface area contributed by atoms with Crippen molar-refractivity contribution in [1.82, 2.24) is 9.55 Å². The molecule has 2 rings (SSSR count). The van der Waals surface area contributed by atoms with E-state index in [4.69, 9.17) is 5.53 Å². The van der Waals surface area contributed by atoms with Crippen molar-refractivity contribution in [3.05, 3.63) is 34.7 Å². The summed E-state index contributed by atoms with van der Waals surface area (Å²) in [4.78, 5) is 7.11. The van der Waals surface area contributed by atoms with Gasteiger partial charge in [0.15, 0.2) is 5.95 Å². The van der Waals surface area contributed by atoms with Gasteiger partial charge in [0.25, 0.3) is 0 Å². The molecule has 0 spiro atoms. The lowest BCUT2D eigenvalue weighted by Crippen LogP contribution is -1.96. The van der Waals surface area contributed by atoms with Crippen molar-refractivity contribution in [3.63, 3.8) is 0 Å². The molecule has 0 aliphatic heterocycles. The summed E-state index contributed by atoms with van der Waals surface area (Å²) in [5.41, 5.74) is 10.4. The van der Waals surface area contributed by atoms with Crippen molar-refractivity contribution in [3.8, 4) is 0 Å². The predicted octanol–water partition coefficient (Wildman–Crippen LogP) is 3.78. The molecule has 2 aromatic rings. The van der Waals surface area contributed by atoms with Crippen LogP contribution in [0, 0.1) is 0 Å². The smallest absolute Gasteiger partial charge is 0.197 e. The Morgan fingerprint density at radius 2 is 2.25 bits per heavy atom. The normalized spacial score (nSPS) is 10.3. The van der Waals surface area contributed by atoms with E-state index in [1.807, 2.05) is 28.8 Å². The van der Waals surface area contributed by atoms with Gasteiger partial charge < -0.3 is 4.57 Å². The lowest BCUT2D eigenvalue weighted by atomic mass is 10.3. The van der Waals surface area contributed by atoms with Gasteiger partial charge in [-0.15, -0.1) is 0 Å². The number of benzene rings is 1. The maximum Gasteiger partial charge on any atom is 0.197 e. The minimum Gasteiger partial charge on any atom is -0.323 e. The van der Waals surface area contributed by atoms with Crippen LogP contribution in [0.1, 0.15) is 19.8 Å². The van der Waals surface area contributed by atoms with Gasteiger partial charge in [0, 0.05) is 11.5 Å². The number of para-hydroxylation sites is 2. The van der Waals surface area contributed by atoms with Crippen molar-refractivity contribution in [2.45, 2.75) is 26.3 Å². The number of hydrogen-bond acceptors (Lipinski definition) is 2. The van der Waals surface area contributed by atoms with E-state index in [9.17, 15) is 0 Å². The Morgan fingerprint density at radius 3 is 3.00 bits per heavy atom. The Bertz CT molecular complexity index is 536. The highest BCUT2D eigenvalue weighted by atomic mass is 15.3. The van der Waals surface area contributed by atoms with Gasteiger partial charge in [0.1, 0.15) is 0 Å². The van der Waals surface area contributed by atoms with Crippen LogP contribution in [0.25, 0.3) is 21.5 Å². The van der Waals surface area contributed by atoms with E-state index in [0.717, 1.165) is 30.4 Å². The van der Waals surface area contributed by atoms with Crippen LogP contribution in [0.5, 0.6) is 0 Å². The van der Waals surface area contributed by atoms with Crippen LogP contribution in [0.3, 0.4) is 0 Å². The number of nitrogens with zero attached hydrogens (tertiary/aromatic N) is 5. The Kier molecular flexibility index (Phi) is 3.08. The molecule has 82 valence electrons. The number of azide groups is 1. The van der Waals surface area contributed by atoms with E-state index in [1.165, 1.54) is 0 Å². The maximum absolute atomic E-state index is 8.50. The van der Waals surface area contributed by atoms with Crippen LogP contribution in [-0.4, -0.2) is 9.55 Å². The molecule has 0 bridgehead atoms. The first kappa shape index (κ1) is 10.5. The summed E-state index contributed by atoms with van der Waals surface area (Å²) in [6, 6.07) is 7.81. The first-order chi connectivity index (χ1) is 7.86. The van der Waals surface area contributed by atoms with Crippen LogP contribution >= 0.6 is 0 Å². The van der Waals surface area contributed by atoms with Gasteiger partial charge in [-0.3, -0.25) is 0 Å². The highest BCUT2D eigenvalue weighted by Crippen LogP contribution is 2.22. The largest absolute Gasteiger partial charge is 0.323 e. The number of imidazole rings is 1. The second kappa shape index (κ2) is 4.68. The first-order valence-corrected chi connectivity index (χ1v) is 5.37. The fourth-order valence-corrected chi connectivity index (χ4v) is 1.72. The fraction of sp³-hybridized carbons (Fsp3) is 0.364. The Hall–Kier alpha value is -2.00. The molecule has 1 aromatic carbocycles. The lowest BCUT2D eigenvalue weighted by molar-refractivity contribution is 0.648. The van der Waals surface area contributed by atoms with Crippen molar-refractivity contribution >= 4 is 17.0 Å². The van der Waals surface area contributed by atoms with Crippen molar-refractivity contribution < 1.29 is 0 Å². The van der Waals surface area contributed by atoms with Crippen molar-refractivity contribution in [2.75, 3.05) is 0 Å². The zero-order valence-electron chi connectivity index (χ0n) is 9.17. The quantitative estimate of drug-likeness (QED) is 0.434. The minimum atomic E-state index is 0.456. The van der Waals surface area contributed by atoms with Gasteiger partial charge in [-0.25, -0.2) is 4.98 Å². The molecule has 0 radical (unpaired) electrons. The number of aromatic nitrogens is 2. The first-order valence-electron chi connectivity index (χ1n) is 5.37. The topological polar surface area (TPSA) is 66.6 Å². The Morgan fingerprint density at radius 1 is 1.44 bits per heavy atom. The number of fused-ring (bicyclic) bond motifs is 1. The molecule has 5 heteroatoms. The van der Waals surface area contributed by atoms with Crippen molar-refractivity contribution in [2.24, 2.45) is 5.11 Å². The third-order valence-electron chi connectivity index (χ3n) is 2.50. The van der Waals surface area contributed by atoms with Gasteiger partial charge in [-0.05, 0) is 29.2 Å². The molecule has 16 heavy (non-hydrogen) atoms. The fourth-order valence-electron chi connectivity index (χ4n) is 1.72. The van der Waals surface area contributed by atoms with Gasteiger partial charge in [-0.2, -0.15) is 0 Å². The van der Waals surface area contributed by atoms with Gasteiger partial charge in [0.05, 0.1) is 11.0 Å². The van der Waals surface area contributed by atoms with Gasteiger partial charge in [-0.1, -0.05) is 25.5 Å². The second-order valence-corrected chi connectivity index (χ2v) is 3.60. The van der Waals surface area contributed by atoms with E-state index >= 15 is 0 Å². The number of hydrogen-bond donors (Lipinski definition) is 0. The maximum atomic E-state index is 8.50. The highest BCUT2D eigenvalue weighted by Gasteiger charge is 2.07. The lowest BCUT2D eigenvalue weighted by Gasteiger charge is -2.04. The monoisotopic (exact) mass is 215 g/mol. The van der Waals surface area contributed by atoms with E-state index in [0.29, 0.717) is 5.95 Å². The van der Waals surface area contributed by atoms with Crippen LogP contribution in [0.2, 0.25) is 0 Å². The van der Waals surface area contributed by atoms with Crippen LogP contribution in [-0.2, 0) is 6.54 Å². The van der Waals surface area contributed by atoms with Gasteiger partial charge >= 0.3 is 0 Å². The van der Waals surface area contributed by atoms with Crippen LogP contribution < -0.4 is 0 Å². The summed E-state index contributed by atoms with van der Waals surface area (Å²) in [6.45, 7) is 2.97. The Labute approximate surface area is 93.3 Å². The van der Waals surface area contributed by atoms with Crippen LogP contribution in [0.4, 0.5) is 5.95 Å². The molecule has 0 unspecified atom stereocenters. The molecule has 0 N–H and O–H groups in total. The molecule has 0 saturated heterocycles. The molecule has 0 aliphatic carbocycles. The van der Waals surface area contributed by atoms with Gasteiger partial charge in [0.2, 0.25) is 0 Å².